The van der Waals surface area contributed by atoms with E-state index < -0.39 is 0 Å². The molecule has 0 saturated carbocycles. The zero-order valence-electron chi connectivity index (χ0n) is 10.1. The van der Waals surface area contributed by atoms with Crippen molar-refractivity contribution in [1.82, 2.24) is 10.3 Å². The Labute approximate surface area is 114 Å². The first kappa shape index (κ1) is 13.2. The average molecular weight is 315 g/mol. The fourth-order valence-electron chi connectivity index (χ4n) is 2.25. The molecule has 0 bridgehead atoms. The predicted molar refractivity (Wildman–Crippen MR) is 72.9 cm³/mol. The first-order valence-corrected chi connectivity index (χ1v) is 6.62. The highest BCUT2D eigenvalue weighted by Gasteiger charge is 2.26. The summed E-state index contributed by atoms with van der Waals surface area (Å²) in [6, 6.07) is 0.274. The van der Waals surface area contributed by atoms with Crippen LogP contribution in [0.3, 0.4) is 0 Å². The van der Waals surface area contributed by atoms with Crippen LogP contribution < -0.4 is 10.2 Å². The maximum atomic E-state index is 11.1. The highest BCUT2D eigenvalue weighted by atomic mass is 79.9. The molecule has 2 rings (SSSR count). The number of nitrogens with zero attached hydrogens (tertiary/aromatic N) is 3. The number of nitrogens with one attached hydrogen (secondary N) is 1. The first-order chi connectivity index (χ1) is 8.61. The molecule has 6 nitrogen and oxygen atoms in total. The van der Waals surface area contributed by atoms with Crippen molar-refractivity contribution in [1.29, 1.82) is 0 Å². The van der Waals surface area contributed by atoms with E-state index in [9.17, 15) is 10.1 Å². The van der Waals surface area contributed by atoms with Crippen molar-refractivity contribution in [3.63, 3.8) is 0 Å². The lowest BCUT2D eigenvalue weighted by Crippen LogP contribution is -2.44. The predicted octanol–water partition coefficient (Wildman–Crippen LogP) is 1.94. The Hall–Kier alpha value is -1.21. The van der Waals surface area contributed by atoms with Gasteiger partial charge in [0.2, 0.25) is 0 Å². The molecule has 2 heterocycles. The second-order valence-corrected chi connectivity index (χ2v) is 5.21. The van der Waals surface area contributed by atoms with Crippen LogP contribution in [0.5, 0.6) is 0 Å². The summed E-state index contributed by atoms with van der Waals surface area (Å²) in [5.41, 5.74) is 0.640. The number of pyridine rings is 1. The summed E-state index contributed by atoms with van der Waals surface area (Å²) in [4.78, 5) is 16.5. The van der Waals surface area contributed by atoms with Gasteiger partial charge in [-0.25, -0.2) is 0 Å². The number of hydrogen-bond acceptors (Lipinski definition) is 5. The van der Waals surface area contributed by atoms with E-state index in [-0.39, 0.29) is 16.7 Å². The molecule has 1 fully saturated rings. The molecule has 1 aliphatic rings. The molecule has 0 spiro atoms. The van der Waals surface area contributed by atoms with Crippen LogP contribution in [0.2, 0.25) is 0 Å². The highest BCUT2D eigenvalue weighted by Crippen LogP contribution is 2.35. The van der Waals surface area contributed by atoms with Crippen molar-refractivity contribution in [3.05, 3.63) is 27.0 Å². The number of halogens is 1. The number of hydrogen-bond donors (Lipinski definition) is 1. The zero-order chi connectivity index (χ0) is 13.1. The highest BCUT2D eigenvalue weighted by molar-refractivity contribution is 9.10. The van der Waals surface area contributed by atoms with Crippen LogP contribution in [-0.2, 0) is 0 Å². The molecular formula is C11H15BrN4O2. The Kier molecular flexibility index (Phi) is 4.13. The third-order valence-corrected chi connectivity index (χ3v) is 3.80. The molecule has 98 valence electrons. The molecule has 0 aliphatic carbocycles. The molecule has 1 aromatic rings. The summed E-state index contributed by atoms with van der Waals surface area (Å²) in [5, 5.41) is 14.4. The van der Waals surface area contributed by atoms with E-state index >= 15 is 0 Å². The molecule has 1 N–H and O–H groups in total. The Bertz CT molecular complexity index is 449. The normalized spacial score (nSPS) is 19.6. The Morgan fingerprint density at radius 2 is 2.39 bits per heavy atom. The van der Waals surface area contributed by atoms with E-state index in [1.807, 2.05) is 11.9 Å². The van der Waals surface area contributed by atoms with Crippen LogP contribution in [0, 0.1) is 10.1 Å². The van der Waals surface area contributed by atoms with Crippen LogP contribution in [0.4, 0.5) is 11.4 Å². The summed E-state index contributed by atoms with van der Waals surface area (Å²) in [5.74, 6) is 0. The number of likely N-dealkylation sites (N-methyl/N-ethyl adjacent to an activating group) is 1. The van der Waals surface area contributed by atoms with E-state index in [2.05, 4.69) is 26.2 Å². The third-order valence-electron chi connectivity index (χ3n) is 3.22. The van der Waals surface area contributed by atoms with Gasteiger partial charge in [0.15, 0.2) is 0 Å². The van der Waals surface area contributed by atoms with E-state index in [4.69, 9.17) is 0 Å². The van der Waals surface area contributed by atoms with Gasteiger partial charge in [-0.05, 0) is 35.3 Å². The SMILES string of the molecule is CN(c1c(Br)cncc1[N+](=O)[O-])C1CCCNC1. The van der Waals surface area contributed by atoms with Gasteiger partial charge in [0.25, 0.3) is 0 Å². The number of piperidine rings is 1. The fraction of sp³-hybridized carbons (Fsp3) is 0.545. The maximum Gasteiger partial charge on any atom is 0.311 e. The minimum absolute atomic E-state index is 0.0393. The van der Waals surface area contributed by atoms with E-state index in [1.165, 1.54) is 6.20 Å². The van der Waals surface area contributed by atoms with Gasteiger partial charge < -0.3 is 10.2 Å². The minimum atomic E-state index is -0.389. The minimum Gasteiger partial charge on any atom is -0.364 e. The van der Waals surface area contributed by atoms with Crippen molar-refractivity contribution in [3.8, 4) is 0 Å². The molecule has 1 atom stereocenters. The molecule has 7 heteroatoms. The van der Waals surface area contributed by atoms with E-state index in [0.29, 0.717) is 10.2 Å². The fourth-order valence-corrected chi connectivity index (χ4v) is 2.85. The van der Waals surface area contributed by atoms with Gasteiger partial charge in [0.1, 0.15) is 11.9 Å². The van der Waals surface area contributed by atoms with E-state index in [1.54, 1.807) is 6.20 Å². The summed E-state index contributed by atoms with van der Waals surface area (Å²) in [7, 11) is 1.89. The van der Waals surface area contributed by atoms with Crippen LogP contribution in [-0.4, -0.2) is 36.1 Å². The van der Waals surface area contributed by atoms with Gasteiger partial charge in [-0.1, -0.05) is 0 Å². The molecule has 0 aromatic carbocycles. The quantitative estimate of drug-likeness (QED) is 0.682. The molecule has 1 unspecified atom stereocenters. The number of aromatic nitrogens is 1. The summed E-state index contributed by atoms with van der Waals surface area (Å²) in [6.07, 6.45) is 5.02. The number of rotatable bonds is 3. The average Bonchev–Trinajstić information content (AvgIpc) is 2.38. The molecular weight excluding hydrogens is 300 g/mol. The second kappa shape index (κ2) is 5.62. The molecule has 1 aromatic heterocycles. The first-order valence-electron chi connectivity index (χ1n) is 5.82. The lowest BCUT2D eigenvalue weighted by Gasteiger charge is -2.33. The monoisotopic (exact) mass is 314 g/mol. The van der Waals surface area contributed by atoms with Gasteiger partial charge in [-0.3, -0.25) is 15.1 Å². The number of anilines is 1. The van der Waals surface area contributed by atoms with Crippen molar-refractivity contribution >= 4 is 27.3 Å². The molecule has 1 aliphatic heterocycles. The maximum absolute atomic E-state index is 11.1. The largest absolute Gasteiger partial charge is 0.364 e. The summed E-state index contributed by atoms with van der Waals surface area (Å²) in [6.45, 7) is 1.87. The van der Waals surface area contributed by atoms with Crippen LogP contribution in [0.25, 0.3) is 0 Å². The summed E-state index contributed by atoms with van der Waals surface area (Å²) >= 11 is 3.35. The van der Waals surface area contributed by atoms with Crippen molar-refractivity contribution < 1.29 is 4.92 Å². The Morgan fingerprint density at radius 3 is 3.00 bits per heavy atom. The zero-order valence-corrected chi connectivity index (χ0v) is 11.7. The van der Waals surface area contributed by atoms with Crippen molar-refractivity contribution in [2.24, 2.45) is 0 Å². The van der Waals surface area contributed by atoms with Gasteiger partial charge in [0.05, 0.1) is 9.40 Å². The van der Waals surface area contributed by atoms with Crippen LogP contribution >= 0.6 is 15.9 Å². The summed E-state index contributed by atoms with van der Waals surface area (Å²) < 4.78 is 0.657. The van der Waals surface area contributed by atoms with Crippen LogP contribution in [0.15, 0.2) is 16.9 Å². The van der Waals surface area contributed by atoms with Gasteiger partial charge in [0, 0.05) is 25.8 Å². The number of nitro groups is 1. The lowest BCUT2D eigenvalue weighted by molar-refractivity contribution is -0.384. The van der Waals surface area contributed by atoms with Gasteiger partial charge in [-0.15, -0.1) is 0 Å². The Balaban J connectivity index is 2.33. The molecule has 18 heavy (non-hydrogen) atoms. The van der Waals surface area contributed by atoms with E-state index in [0.717, 1.165) is 25.9 Å². The van der Waals surface area contributed by atoms with Gasteiger partial charge in [-0.2, -0.15) is 0 Å². The van der Waals surface area contributed by atoms with Crippen LogP contribution in [0.1, 0.15) is 12.8 Å². The van der Waals surface area contributed by atoms with Crippen molar-refractivity contribution in [2.45, 2.75) is 18.9 Å². The molecule has 0 radical (unpaired) electrons. The van der Waals surface area contributed by atoms with Gasteiger partial charge >= 0.3 is 5.69 Å². The standard InChI is InChI=1S/C11H15BrN4O2/c1-15(8-3-2-4-13-5-8)11-9(12)6-14-7-10(11)16(17)18/h6-8,13H,2-5H2,1H3. The molecule has 1 saturated heterocycles. The second-order valence-electron chi connectivity index (χ2n) is 4.36. The van der Waals surface area contributed by atoms with Crippen molar-refractivity contribution in [2.75, 3.05) is 25.0 Å². The lowest BCUT2D eigenvalue weighted by atomic mass is 10.1. The smallest absolute Gasteiger partial charge is 0.311 e. The molecule has 0 amide bonds. The third kappa shape index (κ3) is 2.62. The Morgan fingerprint density at radius 1 is 1.61 bits per heavy atom. The topological polar surface area (TPSA) is 71.3 Å².